The molecule has 0 spiro atoms. The monoisotopic (exact) mass is 167 g/mol. The Morgan fingerprint density at radius 3 is 2.50 bits per heavy atom. The minimum absolute atomic E-state index is 0.833. The van der Waals surface area contributed by atoms with Crippen molar-refractivity contribution < 1.29 is 0 Å². The van der Waals surface area contributed by atoms with Crippen molar-refractivity contribution in [2.24, 2.45) is 0 Å². The molecule has 0 unspecified atom stereocenters. The summed E-state index contributed by atoms with van der Waals surface area (Å²) in [5, 5.41) is 2.93. The van der Waals surface area contributed by atoms with Gasteiger partial charge in [0.25, 0.3) is 0 Å². The van der Waals surface area contributed by atoms with Crippen LogP contribution in [0.5, 0.6) is 0 Å². The lowest BCUT2D eigenvalue weighted by Gasteiger charge is -1.98. The number of aromatic nitrogens is 2. The van der Waals surface area contributed by atoms with E-state index in [1.807, 2.05) is 20.9 Å². The Kier molecular flexibility index (Phi) is 5.97. The first kappa shape index (κ1) is 10.9. The lowest BCUT2D eigenvalue weighted by Crippen LogP contribution is -1.96. The van der Waals surface area contributed by atoms with Crippen molar-refractivity contribution in [3.63, 3.8) is 0 Å². The molecule has 0 aliphatic heterocycles. The first-order valence-electron chi connectivity index (χ1n) is 4.35. The van der Waals surface area contributed by atoms with Gasteiger partial charge in [0.1, 0.15) is 5.82 Å². The van der Waals surface area contributed by atoms with Crippen molar-refractivity contribution in [2.75, 3.05) is 12.4 Å². The second-order valence-electron chi connectivity index (χ2n) is 2.00. The van der Waals surface area contributed by atoms with E-state index in [1.54, 1.807) is 12.4 Å². The van der Waals surface area contributed by atoms with Crippen LogP contribution in [-0.4, -0.2) is 17.0 Å². The molecule has 1 rings (SSSR count). The van der Waals surface area contributed by atoms with Crippen LogP contribution in [0.3, 0.4) is 0 Å². The van der Waals surface area contributed by atoms with Crippen LogP contribution in [0.25, 0.3) is 0 Å². The fourth-order valence-corrected chi connectivity index (χ4v) is 0.697. The molecule has 0 aromatic carbocycles. The highest BCUT2D eigenvalue weighted by molar-refractivity contribution is 5.30. The van der Waals surface area contributed by atoms with Gasteiger partial charge in [-0.05, 0) is 6.42 Å². The van der Waals surface area contributed by atoms with Crippen LogP contribution in [0.4, 0.5) is 5.82 Å². The van der Waals surface area contributed by atoms with Crippen LogP contribution in [0, 0.1) is 0 Å². The Balaban J connectivity index is 0.000000561. The fraction of sp³-hybridized carbons (Fsp3) is 0.556. The maximum atomic E-state index is 4.24. The molecule has 0 saturated heterocycles. The maximum absolute atomic E-state index is 4.24. The van der Waals surface area contributed by atoms with Gasteiger partial charge in [-0.3, -0.25) is 4.98 Å². The summed E-state index contributed by atoms with van der Waals surface area (Å²) in [5.41, 5.74) is 1.02. The van der Waals surface area contributed by atoms with Crippen molar-refractivity contribution >= 4 is 5.82 Å². The van der Waals surface area contributed by atoms with Crippen LogP contribution < -0.4 is 5.32 Å². The summed E-state index contributed by atoms with van der Waals surface area (Å²) in [5.74, 6) is 0.833. The van der Waals surface area contributed by atoms with E-state index in [4.69, 9.17) is 0 Å². The Labute approximate surface area is 74.3 Å². The molecule has 68 valence electrons. The van der Waals surface area contributed by atoms with Gasteiger partial charge in [-0.15, -0.1) is 0 Å². The highest BCUT2D eigenvalue weighted by Crippen LogP contribution is 2.00. The molecule has 0 aliphatic rings. The van der Waals surface area contributed by atoms with E-state index in [0.717, 1.165) is 17.9 Å². The van der Waals surface area contributed by atoms with E-state index in [9.17, 15) is 0 Å². The van der Waals surface area contributed by atoms with Crippen LogP contribution in [0.2, 0.25) is 0 Å². The molecule has 1 aromatic heterocycles. The fourth-order valence-electron chi connectivity index (χ4n) is 0.697. The smallest absolute Gasteiger partial charge is 0.144 e. The molecule has 3 heteroatoms. The van der Waals surface area contributed by atoms with Gasteiger partial charge in [0.2, 0.25) is 0 Å². The average Bonchev–Trinajstić information content (AvgIpc) is 2.21. The predicted molar refractivity (Wildman–Crippen MR) is 52.3 cm³/mol. The number of hydrogen-bond acceptors (Lipinski definition) is 3. The second kappa shape index (κ2) is 6.58. The van der Waals surface area contributed by atoms with Gasteiger partial charge in [-0.25, -0.2) is 4.98 Å². The van der Waals surface area contributed by atoms with Crippen LogP contribution in [0.1, 0.15) is 26.5 Å². The standard InChI is InChI=1S/C7H11N3.C2H6/c1-3-6-4-9-5-7(8-2)10-6;1-2/h4-5H,3H2,1-2H3,(H,8,10);1-2H3. The molecule has 0 bridgehead atoms. The zero-order chi connectivity index (χ0) is 9.40. The number of rotatable bonds is 2. The van der Waals surface area contributed by atoms with E-state index in [2.05, 4.69) is 22.2 Å². The van der Waals surface area contributed by atoms with E-state index in [0.29, 0.717) is 0 Å². The molecule has 0 fully saturated rings. The topological polar surface area (TPSA) is 37.8 Å². The van der Waals surface area contributed by atoms with Crippen molar-refractivity contribution in [2.45, 2.75) is 27.2 Å². The molecule has 0 saturated carbocycles. The van der Waals surface area contributed by atoms with Crippen molar-refractivity contribution in [3.05, 3.63) is 18.1 Å². The van der Waals surface area contributed by atoms with Crippen LogP contribution in [0.15, 0.2) is 12.4 Å². The minimum Gasteiger partial charge on any atom is -0.372 e. The zero-order valence-electron chi connectivity index (χ0n) is 8.26. The number of nitrogens with one attached hydrogen (secondary N) is 1. The quantitative estimate of drug-likeness (QED) is 0.733. The summed E-state index contributed by atoms with van der Waals surface area (Å²) in [6.07, 6.45) is 4.42. The summed E-state index contributed by atoms with van der Waals surface area (Å²) in [6.45, 7) is 6.06. The summed E-state index contributed by atoms with van der Waals surface area (Å²) < 4.78 is 0. The van der Waals surface area contributed by atoms with Gasteiger partial charge >= 0.3 is 0 Å². The number of hydrogen-bond donors (Lipinski definition) is 1. The van der Waals surface area contributed by atoms with Crippen LogP contribution >= 0.6 is 0 Å². The Bertz CT molecular complexity index is 191. The maximum Gasteiger partial charge on any atom is 0.144 e. The number of anilines is 1. The third-order valence-corrected chi connectivity index (χ3v) is 1.30. The van der Waals surface area contributed by atoms with Gasteiger partial charge in [-0.1, -0.05) is 20.8 Å². The summed E-state index contributed by atoms with van der Waals surface area (Å²) in [7, 11) is 1.84. The first-order chi connectivity index (χ1) is 5.86. The summed E-state index contributed by atoms with van der Waals surface area (Å²) in [6, 6.07) is 0. The van der Waals surface area contributed by atoms with Gasteiger partial charge in [0.15, 0.2) is 0 Å². The predicted octanol–water partition coefficient (Wildman–Crippen LogP) is 2.11. The third kappa shape index (κ3) is 3.32. The Hall–Kier alpha value is -1.12. The number of aryl methyl sites for hydroxylation is 1. The molecule has 1 heterocycles. The molecule has 1 N–H and O–H groups in total. The lowest BCUT2D eigenvalue weighted by atomic mass is 10.3. The van der Waals surface area contributed by atoms with Crippen molar-refractivity contribution in [3.8, 4) is 0 Å². The summed E-state index contributed by atoms with van der Waals surface area (Å²) in [4.78, 5) is 8.24. The van der Waals surface area contributed by atoms with Gasteiger partial charge in [-0.2, -0.15) is 0 Å². The molecule has 0 radical (unpaired) electrons. The molecule has 0 atom stereocenters. The first-order valence-corrected chi connectivity index (χ1v) is 4.35. The van der Waals surface area contributed by atoms with Crippen molar-refractivity contribution in [1.82, 2.24) is 9.97 Å². The normalized spacial score (nSPS) is 8.33. The van der Waals surface area contributed by atoms with Gasteiger partial charge < -0.3 is 5.32 Å². The molecular weight excluding hydrogens is 150 g/mol. The molecule has 0 aliphatic carbocycles. The average molecular weight is 167 g/mol. The molecule has 12 heavy (non-hydrogen) atoms. The van der Waals surface area contributed by atoms with E-state index in [1.165, 1.54) is 0 Å². The minimum atomic E-state index is 0.833. The van der Waals surface area contributed by atoms with Crippen LogP contribution in [-0.2, 0) is 6.42 Å². The Morgan fingerprint density at radius 1 is 1.33 bits per heavy atom. The zero-order valence-corrected chi connectivity index (χ0v) is 8.26. The van der Waals surface area contributed by atoms with Crippen molar-refractivity contribution in [1.29, 1.82) is 0 Å². The van der Waals surface area contributed by atoms with E-state index >= 15 is 0 Å². The Morgan fingerprint density at radius 2 is 2.00 bits per heavy atom. The molecule has 3 nitrogen and oxygen atoms in total. The van der Waals surface area contributed by atoms with Gasteiger partial charge in [0, 0.05) is 13.2 Å². The third-order valence-electron chi connectivity index (χ3n) is 1.30. The largest absolute Gasteiger partial charge is 0.372 e. The highest BCUT2D eigenvalue weighted by Gasteiger charge is 1.91. The number of nitrogens with zero attached hydrogens (tertiary/aromatic N) is 2. The van der Waals surface area contributed by atoms with Gasteiger partial charge in [0.05, 0.1) is 11.9 Å². The van der Waals surface area contributed by atoms with E-state index < -0.39 is 0 Å². The molecule has 1 aromatic rings. The summed E-state index contributed by atoms with van der Waals surface area (Å²) >= 11 is 0. The van der Waals surface area contributed by atoms with E-state index in [-0.39, 0.29) is 0 Å². The molecule has 0 amide bonds. The SMILES string of the molecule is CC.CCc1cncc(NC)n1. The second-order valence-corrected chi connectivity index (χ2v) is 2.00. The highest BCUT2D eigenvalue weighted by atomic mass is 15.0. The lowest BCUT2D eigenvalue weighted by molar-refractivity contribution is 1.00. The molecular formula is C9H17N3.